The van der Waals surface area contributed by atoms with Gasteiger partial charge in [0.25, 0.3) is 0 Å². The summed E-state index contributed by atoms with van der Waals surface area (Å²) in [6.07, 6.45) is -2.87. The molecule has 0 aliphatic rings. The normalized spacial score (nSPS) is 12.5. The zero-order chi connectivity index (χ0) is 12.4. The molecule has 1 heterocycles. The van der Waals surface area contributed by atoms with Crippen LogP contribution in [0.2, 0.25) is 5.15 Å². The van der Waals surface area contributed by atoms with E-state index in [1.807, 2.05) is 24.3 Å². The van der Waals surface area contributed by atoms with Crippen LogP contribution in [-0.4, -0.2) is 11.4 Å². The molecule has 0 unspecified atom stereocenters. The number of hydrogen-bond donors (Lipinski definition) is 1. The summed E-state index contributed by atoms with van der Waals surface area (Å²) in [7, 11) is 0. The quantitative estimate of drug-likeness (QED) is 0.870. The Kier molecular flexibility index (Phi) is 5.26. The van der Waals surface area contributed by atoms with Gasteiger partial charge in [0.05, 0.1) is 5.52 Å². The van der Waals surface area contributed by atoms with E-state index in [0.717, 1.165) is 10.9 Å². The summed E-state index contributed by atoms with van der Waals surface area (Å²) in [5, 5.41) is 1.04. The van der Waals surface area contributed by atoms with Gasteiger partial charge in [0.2, 0.25) is 6.43 Å². The first-order valence-corrected chi connectivity index (χ1v) is 5.54. The second kappa shape index (κ2) is 6.27. The van der Waals surface area contributed by atoms with Crippen LogP contribution in [0, 0.1) is 0 Å². The molecule has 18 heavy (non-hydrogen) atoms. The van der Waals surface area contributed by atoms with Crippen LogP contribution < -0.4 is 5.73 Å². The molecule has 0 saturated heterocycles. The van der Waals surface area contributed by atoms with Gasteiger partial charge in [-0.25, -0.2) is 13.8 Å². The van der Waals surface area contributed by atoms with Crippen molar-refractivity contribution < 1.29 is 8.78 Å². The number of nitrogens with two attached hydrogens (primary N) is 1. The monoisotopic (exact) mass is 292 g/mol. The lowest BCUT2D eigenvalue weighted by Gasteiger charge is -2.13. The number of rotatable bonds is 3. The highest BCUT2D eigenvalue weighted by atomic mass is 35.5. The summed E-state index contributed by atoms with van der Waals surface area (Å²) < 4.78 is 24.5. The Balaban J connectivity index is 0.00000162. The van der Waals surface area contributed by atoms with Gasteiger partial charge in [0, 0.05) is 23.4 Å². The van der Waals surface area contributed by atoms with E-state index in [9.17, 15) is 8.78 Å². The van der Waals surface area contributed by atoms with Crippen LogP contribution >= 0.6 is 24.0 Å². The minimum Gasteiger partial charge on any atom is -0.324 e. The first-order chi connectivity index (χ1) is 8.08. The number of para-hydroxylation sites is 1. The average molecular weight is 293 g/mol. The molecule has 0 saturated carbocycles. The van der Waals surface area contributed by atoms with Crippen molar-refractivity contribution in [1.29, 1.82) is 0 Å². The van der Waals surface area contributed by atoms with Crippen molar-refractivity contribution in [3.8, 4) is 0 Å². The molecule has 2 rings (SSSR count). The van der Waals surface area contributed by atoms with Crippen LogP contribution in [-0.2, 0) is 0 Å². The number of nitrogens with zero attached hydrogens (tertiary/aromatic N) is 1. The van der Waals surface area contributed by atoms with Crippen molar-refractivity contribution in [2.45, 2.75) is 18.9 Å². The molecule has 2 aromatic rings. The predicted octanol–water partition coefficient (Wildman–Crippen LogP) is 3.97. The lowest BCUT2D eigenvalue weighted by atomic mass is 10.0. The predicted molar refractivity (Wildman–Crippen MR) is 71.6 cm³/mol. The highest BCUT2D eigenvalue weighted by molar-refractivity contribution is 6.30. The smallest absolute Gasteiger partial charge is 0.240 e. The van der Waals surface area contributed by atoms with E-state index in [-0.39, 0.29) is 17.6 Å². The molecular formula is C12H12Cl2F2N2. The molecule has 0 amide bonds. The van der Waals surface area contributed by atoms with E-state index in [4.69, 9.17) is 17.3 Å². The van der Waals surface area contributed by atoms with Gasteiger partial charge in [0.15, 0.2) is 0 Å². The summed E-state index contributed by atoms with van der Waals surface area (Å²) in [5.41, 5.74) is 6.87. The average Bonchev–Trinajstić information content (AvgIpc) is 2.27. The van der Waals surface area contributed by atoms with Crippen molar-refractivity contribution in [2.75, 3.05) is 0 Å². The fourth-order valence-corrected chi connectivity index (χ4v) is 1.97. The van der Waals surface area contributed by atoms with Crippen LogP contribution in [0.5, 0.6) is 0 Å². The summed E-state index contributed by atoms with van der Waals surface area (Å²) in [5.74, 6) is 0. The molecule has 0 aliphatic heterocycles. The van der Waals surface area contributed by atoms with Crippen LogP contribution in [0.15, 0.2) is 30.3 Å². The van der Waals surface area contributed by atoms with E-state index in [2.05, 4.69) is 4.98 Å². The Morgan fingerprint density at radius 2 is 1.94 bits per heavy atom. The Hall–Kier alpha value is -0.970. The molecule has 1 aromatic carbocycles. The Labute approximate surface area is 115 Å². The number of aromatic nitrogens is 1. The minimum atomic E-state index is -2.45. The molecule has 98 valence electrons. The third-order valence-corrected chi connectivity index (χ3v) is 2.84. The summed E-state index contributed by atoms with van der Waals surface area (Å²) in [6, 6.07) is 8.27. The van der Waals surface area contributed by atoms with Crippen molar-refractivity contribution >= 4 is 34.9 Å². The van der Waals surface area contributed by atoms with Gasteiger partial charge >= 0.3 is 0 Å². The molecule has 1 aromatic heterocycles. The van der Waals surface area contributed by atoms with Gasteiger partial charge in [-0.2, -0.15) is 0 Å². The van der Waals surface area contributed by atoms with E-state index in [1.54, 1.807) is 6.07 Å². The highest BCUT2D eigenvalue weighted by Gasteiger charge is 2.17. The number of benzene rings is 1. The van der Waals surface area contributed by atoms with Gasteiger partial charge in [-0.05, 0) is 12.1 Å². The molecule has 0 spiro atoms. The second-order valence-electron chi connectivity index (χ2n) is 3.79. The minimum absolute atomic E-state index is 0. The van der Waals surface area contributed by atoms with Crippen LogP contribution in [0.4, 0.5) is 8.78 Å². The van der Waals surface area contributed by atoms with Gasteiger partial charge < -0.3 is 5.73 Å². The fourth-order valence-electron chi connectivity index (χ4n) is 1.69. The third kappa shape index (κ3) is 3.28. The van der Waals surface area contributed by atoms with Crippen molar-refractivity contribution in [2.24, 2.45) is 5.73 Å². The Bertz CT molecular complexity index is 534. The topological polar surface area (TPSA) is 38.9 Å². The first-order valence-electron chi connectivity index (χ1n) is 5.17. The maximum atomic E-state index is 12.3. The first kappa shape index (κ1) is 15.1. The largest absolute Gasteiger partial charge is 0.324 e. The van der Waals surface area contributed by atoms with Crippen molar-refractivity contribution in [3.05, 3.63) is 41.0 Å². The lowest BCUT2D eigenvalue weighted by molar-refractivity contribution is 0.128. The maximum absolute atomic E-state index is 12.3. The van der Waals surface area contributed by atoms with Crippen LogP contribution in [0.1, 0.15) is 18.0 Å². The molecule has 0 aliphatic carbocycles. The SMILES string of the molecule is Cl.N[C@H](CC(F)F)c1cc2ccccc2nc1Cl. The lowest BCUT2D eigenvalue weighted by Crippen LogP contribution is -2.15. The molecule has 0 radical (unpaired) electrons. The fraction of sp³-hybridized carbons (Fsp3) is 0.250. The number of pyridine rings is 1. The van der Waals surface area contributed by atoms with E-state index < -0.39 is 18.9 Å². The number of alkyl halides is 2. The molecule has 6 heteroatoms. The molecule has 2 nitrogen and oxygen atoms in total. The number of hydrogen-bond acceptors (Lipinski definition) is 2. The number of fused-ring (bicyclic) bond motifs is 1. The second-order valence-corrected chi connectivity index (χ2v) is 4.15. The van der Waals surface area contributed by atoms with Crippen LogP contribution in [0.25, 0.3) is 10.9 Å². The Morgan fingerprint density at radius 3 is 2.61 bits per heavy atom. The van der Waals surface area contributed by atoms with Crippen molar-refractivity contribution in [1.82, 2.24) is 4.98 Å². The zero-order valence-corrected chi connectivity index (χ0v) is 10.9. The van der Waals surface area contributed by atoms with E-state index >= 15 is 0 Å². The molecule has 0 bridgehead atoms. The zero-order valence-electron chi connectivity index (χ0n) is 9.32. The van der Waals surface area contributed by atoms with Gasteiger partial charge in [-0.3, -0.25) is 0 Å². The Morgan fingerprint density at radius 1 is 1.28 bits per heavy atom. The third-order valence-electron chi connectivity index (χ3n) is 2.54. The van der Waals surface area contributed by atoms with E-state index in [1.165, 1.54) is 0 Å². The summed E-state index contributed by atoms with van der Waals surface area (Å²) >= 11 is 5.95. The van der Waals surface area contributed by atoms with Gasteiger partial charge in [-0.15, -0.1) is 12.4 Å². The summed E-state index contributed by atoms with van der Waals surface area (Å²) in [6.45, 7) is 0. The van der Waals surface area contributed by atoms with Crippen molar-refractivity contribution in [3.63, 3.8) is 0 Å². The number of halogens is 4. The maximum Gasteiger partial charge on any atom is 0.240 e. The van der Waals surface area contributed by atoms with Gasteiger partial charge in [0.1, 0.15) is 5.15 Å². The molecular weight excluding hydrogens is 281 g/mol. The molecule has 1 atom stereocenters. The van der Waals surface area contributed by atoms with Gasteiger partial charge in [-0.1, -0.05) is 29.8 Å². The highest BCUT2D eigenvalue weighted by Crippen LogP contribution is 2.27. The molecule has 0 fully saturated rings. The summed E-state index contributed by atoms with van der Waals surface area (Å²) in [4.78, 5) is 4.14. The van der Waals surface area contributed by atoms with Crippen LogP contribution in [0.3, 0.4) is 0 Å². The standard InChI is InChI=1S/C12H11ClF2N2.ClH/c13-12-8(9(16)6-11(14)15)5-7-3-1-2-4-10(7)17-12;/h1-5,9,11H,6,16H2;1H/t9-;/m1./s1. The van der Waals surface area contributed by atoms with E-state index in [0.29, 0.717) is 5.56 Å². The molecule has 2 N–H and O–H groups in total.